The van der Waals surface area contributed by atoms with Gasteiger partial charge in [-0.3, -0.25) is 33.4 Å². The highest BCUT2D eigenvalue weighted by Crippen LogP contribution is 2.36. The Balaban J connectivity index is 3.42. The van der Waals surface area contributed by atoms with E-state index in [4.69, 9.17) is 9.29 Å². The number of hydrogen-bond acceptors (Lipinski definition) is 13. The first kappa shape index (κ1) is 29.1. The van der Waals surface area contributed by atoms with Crippen LogP contribution in [0.2, 0.25) is 0 Å². The fraction of sp³-hybridized carbons (Fsp3) is 0.562. The Kier molecular flexibility index (Phi) is 10.7. The van der Waals surface area contributed by atoms with Gasteiger partial charge in [0.2, 0.25) is 0 Å². The second-order valence-electron chi connectivity index (χ2n) is 6.79. The van der Waals surface area contributed by atoms with E-state index in [2.05, 4.69) is 14.8 Å². The Hall–Kier alpha value is -2.93. The molecule has 0 spiro atoms. The number of carbonyl (C=O) groups is 1. The summed E-state index contributed by atoms with van der Waals surface area (Å²) in [5.41, 5.74) is -2.47. The summed E-state index contributed by atoms with van der Waals surface area (Å²) in [6, 6.07) is 1.91. The van der Waals surface area contributed by atoms with Gasteiger partial charge in [0.1, 0.15) is 11.3 Å². The number of hydrogen-bond donors (Lipinski definition) is 3. The third-order valence-corrected chi connectivity index (χ3v) is 5.14. The van der Waals surface area contributed by atoms with Crippen LogP contribution in [0.25, 0.3) is 0 Å². The highest BCUT2D eigenvalue weighted by molar-refractivity contribution is 7.86. The molecular formula is C16H24N4O12S2. The molecule has 1 unspecified atom stereocenters. The fourth-order valence-corrected chi connectivity index (χ4v) is 3.66. The molecule has 1 amide bonds. The SMILES string of the molecule is CS(=O)(=O)OCCNc1ccc([N+](=O)[O-])c(CC(OS(C)(=O)=O)C(=O)NCCCO)c1[N+](=O)[O-]. The number of aliphatic hydroxyl groups excluding tert-OH is 1. The number of amides is 1. The Bertz CT molecular complexity index is 1120. The number of benzene rings is 1. The summed E-state index contributed by atoms with van der Waals surface area (Å²) in [4.78, 5) is 33.8. The van der Waals surface area contributed by atoms with Gasteiger partial charge in [0.25, 0.3) is 31.8 Å². The van der Waals surface area contributed by atoms with Crippen LogP contribution in [-0.2, 0) is 39.8 Å². The van der Waals surface area contributed by atoms with Crippen molar-refractivity contribution in [2.24, 2.45) is 0 Å². The van der Waals surface area contributed by atoms with E-state index in [-0.39, 0.29) is 31.8 Å². The van der Waals surface area contributed by atoms with Crippen molar-refractivity contribution in [3.8, 4) is 0 Å². The van der Waals surface area contributed by atoms with Crippen LogP contribution in [0.15, 0.2) is 12.1 Å². The van der Waals surface area contributed by atoms with Crippen molar-refractivity contribution >= 4 is 43.2 Å². The van der Waals surface area contributed by atoms with Crippen LogP contribution < -0.4 is 10.6 Å². The smallest absolute Gasteiger partial charge is 0.302 e. The summed E-state index contributed by atoms with van der Waals surface area (Å²) in [6.07, 6.45) is -1.21. The first-order chi connectivity index (χ1) is 15.7. The number of nitrogens with one attached hydrogen (secondary N) is 2. The molecule has 3 N–H and O–H groups in total. The van der Waals surface area contributed by atoms with Gasteiger partial charge in [-0.05, 0) is 12.5 Å². The Morgan fingerprint density at radius 1 is 1.09 bits per heavy atom. The molecule has 0 aliphatic carbocycles. The van der Waals surface area contributed by atoms with E-state index >= 15 is 0 Å². The number of nitrogens with zero attached hydrogens (tertiary/aromatic N) is 2. The molecule has 0 aromatic heterocycles. The lowest BCUT2D eigenvalue weighted by atomic mass is 10.0. The van der Waals surface area contributed by atoms with E-state index < -0.39 is 72.1 Å². The Morgan fingerprint density at radius 3 is 2.24 bits per heavy atom. The van der Waals surface area contributed by atoms with E-state index in [0.29, 0.717) is 6.26 Å². The van der Waals surface area contributed by atoms with Crippen LogP contribution in [0, 0.1) is 20.2 Å². The summed E-state index contributed by atoms with van der Waals surface area (Å²) in [5, 5.41) is 36.9. The second kappa shape index (κ2) is 12.5. The third-order valence-electron chi connectivity index (χ3n) is 3.96. The van der Waals surface area contributed by atoms with Crippen molar-refractivity contribution in [1.82, 2.24) is 5.32 Å². The molecule has 0 saturated carbocycles. The standard InChI is InChI=1S/C16H24N4O12S2/c1-33(27,28)31-9-7-17-12-4-5-13(19(23)24)11(15(12)20(25)26)10-14(32-34(2,29)30)16(22)18-6-3-8-21/h4-5,14,17,21H,3,6-10H2,1-2H3,(H,18,22). The van der Waals surface area contributed by atoms with Crippen LogP contribution in [0.5, 0.6) is 0 Å². The molecule has 0 fully saturated rings. The van der Waals surface area contributed by atoms with Gasteiger partial charge in [0.15, 0.2) is 6.10 Å². The van der Waals surface area contributed by atoms with Crippen molar-refractivity contribution in [1.29, 1.82) is 0 Å². The van der Waals surface area contributed by atoms with Gasteiger partial charge < -0.3 is 15.7 Å². The quantitative estimate of drug-likeness (QED) is 0.110. The summed E-state index contributed by atoms with van der Waals surface area (Å²) in [7, 11) is -8.05. The van der Waals surface area contributed by atoms with Crippen LogP contribution in [0.4, 0.5) is 17.1 Å². The van der Waals surface area contributed by atoms with Gasteiger partial charge in [-0.25, -0.2) is 0 Å². The van der Waals surface area contributed by atoms with Crippen molar-refractivity contribution < 1.29 is 44.9 Å². The largest absolute Gasteiger partial charge is 0.396 e. The predicted molar refractivity (Wildman–Crippen MR) is 117 cm³/mol. The lowest BCUT2D eigenvalue weighted by Gasteiger charge is -2.17. The minimum atomic E-state index is -4.27. The molecule has 0 aliphatic heterocycles. The van der Waals surface area contributed by atoms with Crippen LogP contribution in [-0.4, -0.2) is 82.6 Å². The first-order valence-electron chi connectivity index (χ1n) is 9.46. The molecule has 0 heterocycles. The highest BCUT2D eigenvalue weighted by atomic mass is 32.2. The van der Waals surface area contributed by atoms with Crippen molar-refractivity contribution in [3.05, 3.63) is 37.9 Å². The molecule has 0 radical (unpaired) electrons. The number of aliphatic hydroxyl groups is 1. The predicted octanol–water partition coefficient (Wildman–Crippen LogP) is -0.723. The molecule has 1 aromatic rings. The monoisotopic (exact) mass is 528 g/mol. The molecule has 1 rings (SSSR count). The molecule has 192 valence electrons. The summed E-state index contributed by atoms with van der Waals surface area (Å²) in [6.45, 7) is -1.01. The normalized spacial score (nSPS) is 12.7. The number of rotatable bonds is 15. The Labute approximate surface area is 194 Å². The summed E-state index contributed by atoms with van der Waals surface area (Å²) >= 11 is 0. The van der Waals surface area contributed by atoms with E-state index in [9.17, 15) is 41.9 Å². The first-order valence-corrected chi connectivity index (χ1v) is 13.1. The maximum absolute atomic E-state index is 12.4. The molecule has 0 saturated heterocycles. The number of nitro groups is 2. The van der Waals surface area contributed by atoms with Crippen molar-refractivity contribution in [3.63, 3.8) is 0 Å². The highest BCUT2D eigenvalue weighted by Gasteiger charge is 2.34. The maximum Gasteiger partial charge on any atom is 0.302 e. The number of carbonyl (C=O) groups excluding carboxylic acids is 1. The molecule has 0 aliphatic rings. The van der Waals surface area contributed by atoms with Crippen molar-refractivity contribution in [2.45, 2.75) is 18.9 Å². The fourth-order valence-electron chi connectivity index (χ4n) is 2.70. The van der Waals surface area contributed by atoms with Crippen molar-refractivity contribution in [2.75, 3.05) is 44.1 Å². The van der Waals surface area contributed by atoms with Gasteiger partial charge in [-0.2, -0.15) is 16.8 Å². The minimum Gasteiger partial charge on any atom is -0.396 e. The second-order valence-corrected chi connectivity index (χ2v) is 10.0. The molecular weight excluding hydrogens is 504 g/mol. The Morgan fingerprint density at radius 2 is 1.74 bits per heavy atom. The lowest BCUT2D eigenvalue weighted by Crippen LogP contribution is -2.40. The molecule has 0 bridgehead atoms. The van der Waals surface area contributed by atoms with E-state index in [1.807, 2.05) is 0 Å². The third kappa shape index (κ3) is 9.91. The van der Waals surface area contributed by atoms with Crippen LogP contribution in [0.1, 0.15) is 12.0 Å². The van der Waals surface area contributed by atoms with Gasteiger partial charge in [-0.1, -0.05) is 0 Å². The lowest BCUT2D eigenvalue weighted by molar-refractivity contribution is -0.395. The summed E-state index contributed by atoms with van der Waals surface area (Å²) in [5.74, 6) is -1.03. The zero-order valence-corrected chi connectivity index (χ0v) is 19.8. The average Bonchev–Trinajstić information content (AvgIpc) is 2.68. The maximum atomic E-state index is 12.4. The molecule has 18 heteroatoms. The number of anilines is 1. The van der Waals surface area contributed by atoms with Gasteiger partial charge in [0.05, 0.1) is 29.0 Å². The molecule has 1 aromatic carbocycles. The van der Waals surface area contributed by atoms with Gasteiger partial charge in [-0.15, -0.1) is 0 Å². The zero-order valence-electron chi connectivity index (χ0n) is 18.1. The average molecular weight is 529 g/mol. The van der Waals surface area contributed by atoms with E-state index in [1.54, 1.807) is 0 Å². The molecule has 34 heavy (non-hydrogen) atoms. The topological polar surface area (TPSA) is 234 Å². The van der Waals surface area contributed by atoms with E-state index in [0.717, 1.165) is 18.4 Å². The van der Waals surface area contributed by atoms with Crippen LogP contribution in [0.3, 0.4) is 0 Å². The van der Waals surface area contributed by atoms with Crippen LogP contribution >= 0.6 is 0 Å². The van der Waals surface area contributed by atoms with Gasteiger partial charge >= 0.3 is 5.69 Å². The zero-order chi connectivity index (χ0) is 26.1. The number of nitro benzene ring substituents is 2. The molecule has 16 nitrogen and oxygen atoms in total. The summed E-state index contributed by atoms with van der Waals surface area (Å²) < 4.78 is 54.6. The van der Waals surface area contributed by atoms with Gasteiger partial charge in [0, 0.05) is 32.2 Å². The minimum absolute atomic E-state index is 0.0783. The van der Waals surface area contributed by atoms with E-state index in [1.165, 1.54) is 0 Å². The molecule has 1 atom stereocenters.